The summed E-state index contributed by atoms with van der Waals surface area (Å²) < 4.78 is 0. The molecule has 0 saturated heterocycles. The molecule has 2 heteroatoms. The summed E-state index contributed by atoms with van der Waals surface area (Å²) in [6, 6.07) is 8.23. The second-order valence-corrected chi connectivity index (χ2v) is 3.69. The summed E-state index contributed by atoms with van der Waals surface area (Å²) in [4.78, 5) is 0. The standard InChI is InChI=1S/C11H14O2/c12-11(13)10-6-5-8-3-1-2-4-9(8)7-10/h1-4,10-13H,5-7H2. The van der Waals surface area contributed by atoms with Crippen LogP contribution in [0, 0.1) is 5.92 Å². The molecule has 70 valence electrons. The van der Waals surface area contributed by atoms with Gasteiger partial charge in [0.2, 0.25) is 0 Å². The number of aryl methyl sites for hydroxylation is 1. The lowest BCUT2D eigenvalue weighted by Crippen LogP contribution is -2.26. The minimum absolute atomic E-state index is 0.0231. The van der Waals surface area contributed by atoms with Crippen LogP contribution in [0.5, 0.6) is 0 Å². The summed E-state index contributed by atoms with van der Waals surface area (Å²) in [5.74, 6) is 0.0231. The van der Waals surface area contributed by atoms with Crippen molar-refractivity contribution in [2.24, 2.45) is 5.92 Å². The molecule has 0 spiro atoms. The van der Waals surface area contributed by atoms with Crippen molar-refractivity contribution < 1.29 is 10.2 Å². The van der Waals surface area contributed by atoms with E-state index < -0.39 is 6.29 Å². The van der Waals surface area contributed by atoms with Crippen molar-refractivity contribution in [1.29, 1.82) is 0 Å². The van der Waals surface area contributed by atoms with Gasteiger partial charge < -0.3 is 10.2 Å². The Morgan fingerprint density at radius 3 is 2.54 bits per heavy atom. The van der Waals surface area contributed by atoms with E-state index in [1.54, 1.807) is 0 Å². The smallest absolute Gasteiger partial charge is 0.154 e. The third-order valence-corrected chi connectivity index (χ3v) is 2.81. The Labute approximate surface area is 77.8 Å². The Kier molecular flexibility index (Phi) is 2.34. The van der Waals surface area contributed by atoms with Crippen molar-refractivity contribution >= 4 is 0 Å². The summed E-state index contributed by atoms with van der Waals surface area (Å²) in [6.07, 6.45) is 1.49. The summed E-state index contributed by atoms with van der Waals surface area (Å²) in [7, 11) is 0. The fourth-order valence-corrected chi connectivity index (χ4v) is 1.98. The van der Waals surface area contributed by atoms with Gasteiger partial charge in [-0.3, -0.25) is 0 Å². The van der Waals surface area contributed by atoms with Crippen LogP contribution in [0.4, 0.5) is 0 Å². The van der Waals surface area contributed by atoms with Gasteiger partial charge in [-0.05, 0) is 30.4 Å². The molecule has 0 saturated carbocycles. The number of fused-ring (bicyclic) bond motifs is 1. The Hall–Kier alpha value is -0.860. The molecule has 0 fully saturated rings. The van der Waals surface area contributed by atoms with Gasteiger partial charge in [0.25, 0.3) is 0 Å². The van der Waals surface area contributed by atoms with Crippen LogP contribution in [-0.4, -0.2) is 16.5 Å². The van der Waals surface area contributed by atoms with Gasteiger partial charge in [0.15, 0.2) is 6.29 Å². The van der Waals surface area contributed by atoms with Crippen molar-refractivity contribution in [2.45, 2.75) is 25.6 Å². The highest BCUT2D eigenvalue weighted by Crippen LogP contribution is 2.26. The molecule has 2 N–H and O–H groups in total. The molecule has 0 heterocycles. The number of hydrogen-bond donors (Lipinski definition) is 2. The number of benzene rings is 1. The number of aliphatic hydroxyl groups is 2. The lowest BCUT2D eigenvalue weighted by Gasteiger charge is -2.25. The first-order valence-corrected chi connectivity index (χ1v) is 4.70. The van der Waals surface area contributed by atoms with Crippen molar-refractivity contribution in [2.75, 3.05) is 0 Å². The maximum atomic E-state index is 9.06. The highest BCUT2D eigenvalue weighted by atomic mass is 16.5. The number of hydrogen-bond acceptors (Lipinski definition) is 2. The zero-order chi connectivity index (χ0) is 9.26. The molecule has 0 aromatic heterocycles. The normalized spacial score (nSPS) is 21.6. The Bertz CT molecular complexity index is 294. The van der Waals surface area contributed by atoms with Gasteiger partial charge in [-0.2, -0.15) is 0 Å². The number of aliphatic hydroxyl groups excluding tert-OH is 1. The molecule has 1 aromatic carbocycles. The SMILES string of the molecule is OC(O)C1CCc2ccccc2C1. The predicted molar refractivity (Wildman–Crippen MR) is 50.2 cm³/mol. The average molecular weight is 178 g/mol. The van der Waals surface area contributed by atoms with Gasteiger partial charge in [0, 0.05) is 5.92 Å². The van der Waals surface area contributed by atoms with Crippen LogP contribution in [0.2, 0.25) is 0 Å². The molecular formula is C11H14O2. The molecule has 0 bridgehead atoms. The topological polar surface area (TPSA) is 40.5 Å². The van der Waals surface area contributed by atoms with E-state index in [1.165, 1.54) is 11.1 Å². The average Bonchev–Trinajstić information content (AvgIpc) is 2.17. The molecule has 13 heavy (non-hydrogen) atoms. The van der Waals surface area contributed by atoms with E-state index in [2.05, 4.69) is 12.1 Å². The molecule has 2 rings (SSSR count). The summed E-state index contributed by atoms with van der Waals surface area (Å²) >= 11 is 0. The fourth-order valence-electron chi connectivity index (χ4n) is 1.98. The first-order chi connectivity index (χ1) is 6.27. The monoisotopic (exact) mass is 178 g/mol. The van der Waals surface area contributed by atoms with Crippen LogP contribution in [0.25, 0.3) is 0 Å². The van der Waals surface area contributed by atoms with Gasteiger partial charge >= 0.3 is 0 Å². The lowest BCUT2D eigenvalue weighted by molar-refractivity contribution is -0.0868. The molecular weight excluding hydrogens is 164 g/mol. The van der Waals surface area contributed by atoms with Crippen molar-refractivity contribution in [3.63, 3.8) is 0 Å². The maximum Gasteiger partial charge on any atom is 0.154 e. The Morgan fingerprint density at radius 2 is 1.85 bits per heavy atom. The van der Waals surface area contributed by atoms with E-state index in [-0.39, 0.29) is 5.92 Å². The van der Waals surface area contributed by atoms with Gasteiger partial charge in [0.05, 0.1) is 0 Å². The highest BCUT2D eigenvalue weighted by molar-refractivity contribution is 5.29. The summed E-state index contributed by atoms with van der Waals surface area (Å²) in [5, 5.41) is 18.1. The third kappa shape index (κ3) is 1.74. The van der Waals surface area contributed by atoms with Crippen molar-refractivity contribution in [3.8, 4) is 0 Å². The molecule has 1 aliphatic carbocycles. The predicted octanol–water partition coefficient (Wildman–Crippen LogP) is 1.10. The molecule has 0 radical (unpaired) electrons. The van der Waals surface area contributed by atoms with Gasteiger partial charge in [-0.25, -0.2) is 0 Å². The van der Waals surface area contributed by atoms with Crippen molar-refractivity contribution in [1.82, 2.24) is 0 Å². The molecule has 1 atom stereocenters. The minimum atomic E-state index is -1.16. The van der Waals surface area contributed by atoms with Crippen LogP contribution in [-0.2, 0) is 12.8 Å². The zero-order valence-electron chi connectivity index (χ0n) is 7.48. The van der Waals surface area contributed by atoms with Crippen LogP contribution in [0.3, 0.4) is 0 Å². The lowest BCUT2D eigenvalue weighted by atomic mass is 9.84. The van der Waals surface area contributed by atoms with Crippen LogP contribution < -0.4 is 0 Å². The molecule has 0 aliphatic heterocycles. The van der Waals surface area contributed by atoms with Crippen molar-refractivity contribution in [3.05, 3.63) is 35.4 Å². The summed E-state index contributed by atoms with van der Waals surface area (Å²) in [5.41, 5.74) is 2.63. The maximum absolute atomic E-state index is 9.06. The fraction of sp³-hybridized carbons (Fsp3) is 0.455. The largest absolute Gasteiger partial charge is 0.368 e. The van der Waals surface area contributed by atoms with Gasteiger partial charge in [-0.15, -0.1) is 0 Å². The third-order valence-electron chi connectivity index (χ3n) is 2.81. The zero-order valence-corrected chi connectivity index (χ0v) is 7.48. The number of rotatable bonds is 1. The van der Waals surface area contributed by atoms with E-state index in [0.29, 0.717) is 0 Å². The molecule has 0 amide bonds. The van der Waals surface area contributed by atoms with E-state index >= 15 is 0 Å². The minimum Gasteiger partial charge on any atom is -0.368 e. The van der Waals surface area contributed by atoms with E-state index in [1.807, 2.05) is 12.1 Å². The first-order valence-electron chi connectivity index (χ1n) is 4.70. The molecule has 1 aliphatic rings. The highest BCUT2D eigenvalue weighted by Gasteiger charge is 2.22. The second kappa shape index (κ2) is 3.48. The van der Waals surface area contributed by atoms with E-state index in [0.717, 1.165) is 19.3 Å². The van der Waals surface area contributed by atoms with E-state index in [9.17, 15) is 0 Å². The van der Waals surface area contributed by atoms with Crippen LogP contribution in [0.1, 0.15) is 17.5 Å². The Balaban J connectivity index is 2.20. The van der Waals surface area contributed by atoms with Gasteiger partial charge in [0.1, 0.15) is 0 Å². The molecule has 1 unspecified atom stereocenters. The Morgan fingerprint density at radius 1 is 1.15 bits per heavy atom. The van der Waals surface area contributed by atoms with Gasteiger partial charge in [-0.1, -0.05) is 24.3 Å². The quantitative estimate of drug-likeness (QED) is 0.632. The second-order valence-electron chi connectivity index (χ2n) is 3.69. The first kappa shape index (κ1) is 8.73. The molecule has 2 nitrogen and oxygen atoms in total. The van der Waals surface area contributed by atoms with Crippen LogP contribution >= 0.6 is 0 Å². The van der Waals surface area contributed by atoms with E-state index in [4.69, 9.17) is 10.2 Å². The summed E-state index contributed by atoms with van der Waals surface area (Å²) in [6.45, 7) is 0. The van der Waals surface area contributed by atoms with Crippen LogP contribution in [0.15, 0.2) is 24.3 Å². The molecule has 1 aromatic rings.